The lowest BCUT2D eigenvalue weighted by molar-refractivity contribution is -0.121. The minimum absolute atomic E-state index is 0.121. The van der Waals surface area contributed by atoms with Gasteiger partial charge in [-0.2, -0.15) is 0 Å². The SMILES string of the molecule is CN(Cc1ccccc1)C(=O)NCCC(=O)NCC(C)(C)N. The van der Waals surface area contributed by atoms with Crippen LogP contribution in [0.4, 0.5) is 4.79 Å². The molecule has 0 aromatic heterocycles. The number of carbonyl (C=O) groups is 2. The summed E-state index contributed by atoms with van der Waals surface area (Å²) in [6.45, 7) is 4.92. The molecule has 0 aliphatic carbocycles. The van der Waals surface area contributed by atoms with Crippen molar-refractivity contribution >= 4 is 11.9 Å². The summed E-state index contributed by atoms with van der Waals surface area (Å²) in [6.07, 6.45) is 0.237. The fourth-order valence-corrected chi connectivity index (χ4v) is 1.76. The molecule has 6 nitrogen and oxygen atoms in total. The number of amides is 3. The number of rotatable bonds is 7. The second-order valence-electron chi connectivity index (χ2n) is 6.09. The van der Waals surface area contributed by atoms with Crippen LogP contribution < -0.4 is 16.4 Å². The van der Waals surface area contributed by atoms with Gasteiger partial charge in [0.15, 0.2) is 0 Å². The predicted molar refractivity (Wildman–Crippen MR) is 87.2 cm³/mol. The molecule has 4 N–H and O–H groups in total. The van der Waals surface area contributed by atoms with Crippen molar-refractivity contribution in [2.24, 2.45) is 5.73 Å². The second kappa shape index (κ2) is 8.38. The Morgan fingerprint density at radius 3 is 2.41 bits per heavy atom. The van der Waals surface area contributed by atoms with Gasteiger partial charge in [0.25, 0.3) is 0 Å². The number of carbonyl (C=O) groups excluding carboxylic acids is 2. The highest BCUT2D eigenvalue weighted by atomic mass is 16.2. The summed E-state index contributed by atoms with van der Waals surface area (Å²) in [4.78, 5) is 25.1. The van der Waals surface area contributed by atoms with Gasteiger partial charge in [0.1, 0.15) is 0 Å². The Morgan fingerprint density at radius 2 is 1.82 bits per heavy atom. The summed E-state index contributed by atoms with van der Waals surface area (Å²) >= 11 is 0. The predicted octanol–water partition coefficient (Wildman–Crippen LogP) is 1.07. The number of benzene rings is 1. The van der Waals surface area contributed by atoms with Gasteiger partial charge >= 0.3 is 6.03 Å². The molecule has 1 aromatic carbocycles. The third-order valence-corrected chi connectivity index (χ3v) is 2.98. The Bertz CT molecular complexity index is 483. The standard InChI is InChI=1S/C16H26N4O2/c1-16(2,17)12-19-14(21)9-10-18-15(22)20(3)11-13-7-5-4-6-8-13/h4-8H,9-12,17H2,1-3H3,(H,18,22)(H,19,21). The Labute approximate surface area is 132 Å². The normalized spacial score (nSPS) is 10.9. The molecule has 122 valence electrons. The van der Waals surface area contributed by atoms with Gasteiger partial charge in [0.05, 0.1) is 0 Å². The molecule has 0 aliphatic rings. The average Bonchev–Trinajstić information content (AvgIpc) is 2.45. The molecule has 0 atom stereocenters. The van der Waals surface area contributed by atoms with Crippen LogP contribution in [-0.2, 0) is 11.3 Å². The summed E-state index contributed by atoms with van der Waals surface area (Å²) in [7, 11) is 1.72. The highest BCUT2D eigenvalue weighted by Crippen LogP contribution is 2.02. The zero-order valence-corrected chi connectivity index (χ0v) is 13.6. The molecule has 6 heteroatoms. The van der Waals surface area contributed by atoms with Gasteiger partial charge in [-0.15, -0.1) is 0 Å². The van der Waals surface area contributed by atoms with E-state index in [4.69, 9.17) is 5.73 Å². The van der Waals surface area contributed by atoms with Crippen LogP contribution >= 0.6 is 0 Å². The van der Waals surface area contributed by atoms with Crippen LogP contribution in [-0.4, -0.2) is 42.5 Å². The van der Waals surface area contributed by atoms with Crippen LogP contribution in [0.2, 0.25) is 0 Å². The van der Waals surface area contributed by atoms with Crippen LogP contribution in [0.25, 0.3) is 0 Å². The van der Waals surface area contributed by atoms with Gasteiger partial charge < -0.3 is 21.3 Å². The molecule has 0 saturated carbocycles. The summed E-state index contributed by atoms with van der Waals surface area (Å²) in [5.41, 5.74) is 6.41. The molecule has 0 aliphatic heterocycles. The Kier molecular flexibility index (Phi) is 6.85. The van der Waals surface area contributed by atoms with E-state index in [9.17, 15) is 9.59 Å². The fraction of sp³-hybridized carbons (Fsp3) is 0.500. The molecule has 0 fully saturated rings. The maximum Gasteiger partial charge on any atom is 0.317 e. The molecule has 0 spiro atoms. The molecule has 0 heterocycles. The smallest absolute Gasteiger partial charge is 0.317 e. The third-order valence-electron chi connectivity index (χ3n) is 2.98. The maximum absolute atomic E-state index is 11.9. The molecule has 0 bridgehead atoms. The lowest BCUT2D eigenvalue weighted by atomic mass is 10.1. The zero-order valence-electron chi connectivity index (χ0n) is 13.6. The van der Waals surface area contributed by atoms with E-state index < -0.39 is 5.54 Å². The first kappa shape index (κ1) is 18.0. The van der Waals surface area contributed by atoms with Crippen molar-refractivity contribution < 1.29 is 9.59 Å². The van der Waals surface area contributed by atoms with Crippen LogP contribution in [0.15, 0.2) is 30.3 Å². The maximum atomic E-state index is 11.9. The van der Waals surface area contributed by atoms with Crippen molar-refractivity contribution in [1.29, 1.82) is 0 Å². The van der Waals surface area contributed by atoms with Crippen molar-refractivity contribution in [2.75, 3.05) is 20.1 Å². The Hall–Kier alpha value is -2.08. The number of nitrogens with zero attached hydrogens (tertiary/aromatic N) is 1. The molecule has 0 radical (unpaired) electrons. The van der Waals surface area contributed by atoms with Crippen LogP contribution in [0.1, 0.15) is 25.8 Å². The number of nitrogens with one attached hydrogen (secondary N) is 2. The quantitative estimate of drug-likeness (QED) is 0.704. The second-order valence-corrected chi connectivity index (χ2v) is 6.09. The fourth-order valence-electron chi connectivity index (χ4n) is 1.76. The van der Waals surface area contributed by atoms with Crippen molar-refractivity contribution in [3.05, 3.63) is 35.9 Å². The molecule has 1 rings (SSSR count). The minimum Gasteiger partial charge on any atom is -0.354 e. The monoisotopic (exact) mass is 306 g/mol. The first-order valence-electron chi connectivity index (χ1n) is 7.36. The van der Waals surface area contributed by atoms with Gasteiger partial charge in [-0.3, -0.25) is 4.79 Å². The van der Waals surface area contributed by atoms with Gasteiger partial charge in [0.2, 0.25) is 5.91 Å². The molecular weight excluding hydrogens is 280 g/mol. The van der Waals surface area contributed by atoms with E-state index >= 15 is 0 Å². The van der Waals surface area contributed by atoms with Crippen molar-refractivity contribution in [1.82, 2.24) is 15.5 Å². The van der Waals surface area contributed by atoms with E-state index in [-0.39, 0.29) is 18.4 Å². The lowest BCUT2D eigenvalue weighted by Gasteiger charge is -2.20. The molecule has 0 saturated heterocycles. The van der Waals surface area contributed by atoms with E-state index in [0.717, 1.165) is 5.56 Å². The van der Waals surface area contributed by atoms with Crippen LogP contribution in [0.5, 0.6) is 0 Å². The topological polar surface area (TPSA) is 87.5 Å². The molecule has 22 heavy (non-hydrogen) atoms. The Morgan fingerprint density at radius 1 is 1.18 bits per heavy atom. The summed E-state index contributed by atoms with van der Waals surface area (Å²) in [5.74, 6) is -0.121. The number of urea groups is 1. The molecular formula is C16H26N4O2. The van der Waals surface area contributed by atoms with Crippen LogP contribution in [0, 0.1) is 0 Å². The highest BCUT2D eigenvalue weighted by Gasteiger charge is 2.13. The largest absolute Gasteiger partial charge is 0.354 e. The van der Waals surface area contributed by atoms with Gasteiger partial charge in [-0.25, -0.2) is 4.79 Å². The number of nitrogens with two attached hydrogens (primary N) is 1. The zero-order chi connectivity index (χ0) is 16.6. The van der Waals surface area contributed by atoms with Crippen molar-refractivity contribution in [3.8, 4) is 0 Å². The van der Waals surface area contributed by atoms with E-state index in [0.29, 0.717) is 19.6 Å². The average molecular weight is 306 g/mol. The van der Waals surface area contributed by atoms with Gasteiger partial charge in [0, 0.05) is 38.6 Å². The van der Waals surface area contributed by atoms with Crippen molar-refractivity contribution in [3.63, 3.8) is 0 Å². The van der Waals surface area contributed by atoms with E-state index in [1.165, 1.54) is 0 Å². The first-order chi connectivity index (χ1) is 10.3. The van der Waals surface area contributed by atoms with E-state index in [2.05, 4.69) is 10.6 Å². The minimum atomic E-state index is -0.436. The number of hydrogen-bond donors (Lipinski definition) is 3. The first-order valence-corrected chi connectivity index (χ1v) is 7.36. The molecule has 1 aromatic rings. The van der Waals surface area contributed by atoms with Crippen LogP contribution in [0.3, 0.4) is 0 Å². The van der Waals surface area contributed by atoms with E-state index in [1.807, 2.05) is 44.2 Å². The third kappa shape index (κ3) is 7.64. The summed E-state index contributed by atoms with van der Waals surface area (Å²) in [6, 6.07) is 9.53. The van der Waals surface area contributed by atoms with Crippen molar-refractivity contribution in [2.45, 2.75) is 32.4 Å². The van der Waals surface area contributed by atoms with Gasteiger partial charge in [-0.1, -0.05) is 30.3 Å². The lowest BCUT2D eigenvalue weighted by Crippen LogP contribution is -2.46. The number of hydrogen-bond acceptors (Lipinski definition) is 3. The van der Waals surface area contributed by atoms with Gasteiger partial charge in [-0.05, 0) is 19.4 Å². The highest BCUT2D eigenvalue weighted by molar-refractivity contribution is 5.78. The molecule has 0 unspecified atom stereocenters. The molecule has 3 amide bonds. The van der Waals surface area contributed by atoms with E-state index in [1.54, 1.807) is 11.9 Å². The Balaban J connectivity index is 2.24. The summed E-state index contributed by atoms with van der Waals surface area (Å²) < 4.78 is 0. The summed E-state index contributed by atoms with van der Waals surface area (Å²) in [5, 5.41) is 5.46.